The Labute approximate surface area is 182 Å². The molecular formula is C24H26N2O4S. The summed E-state index contributed by atoms with van der Waals surface area (Å²) in [5, 5.41) is 1.85. The van der Waals surface area contributed by atoms with Crippen molar-refractivity contribution in [3.63, 3.8) is 0 Å². The molecule has 31 heavy (non-hydrogen) atoms. The normalized spacial score (nSPS) is 15.1. The van der Waals surface area contributed by atoms with Gasteiger partial charge in [0, 0.05) is 31.3 Å². The van der Waals surface area contributed by atoms with E-state index >= 15 is 0 Å². The van der Waals surface area contributed by atoms with E-state index < -0.39 is 21.4 Å². The summed E-state index contributed by atoms with van der Waals surface area (Å²) in [5.74, 6) is -0.662. The lowest BCUT2D eigenvalue weighted by molar-refractivity contribution is -0.143. The molecule has 1 atom stereocenters. The molecule has 0 saturated carbocycles. The van der Waals surface area contributed by atoms with E-state index in [4.69, 9.17) is 4.74 Å². The van der Waals surface area contributed by atoms with E-state index in [-0.39, 0.29) is 0 Å². The fraction of sp³-hybridized carbons (Fsp3) is 0.292. The molecule has 7 heteroatoms. The molecule has 1 fully saturated rings. The number of fused-ring (bicyclic) bond motifs is 1. The maximum Gasteiger partial charge on any atom is 0.304 e. The van der Waals surface area contributed by atoms with Gasteiger partial charge in [-0.15, -0.1) is 0 Å². The van der Waals surface area contributed by atoms with Crippen LogP contribution in [0.5, 0.6) is 0 Å². The van der Waals surface area contributed by atoms with Crippen LogP contribution >= 0.6 is 0 Å². The third kappa shape index (κ3) is 4.66. The van der Waals surface area contributed by atoms with Crippen LogP contribution in [0.1, 0.15) is 36.3 Å². The van der Waals surface area contributed by atoms with E-state index in [2.05, 4.69) is 9.62 Å². The van der Waals surface area contributed by atoms with E-state index in [1.807, 2.05) is 49.4 Å². The fourth-order valence-electron chi connectivity index (χ4n) is 4.01. The summed E-state index contributed by atoms with van der Waals surface area (Å²) in [5.41, 5.74) is 1.51. The van der Waals surface area contributed by atoms with Crippen molar-refractivity contribution < 1.29 is 17.9 Å². The summed E-state index contributed by atoms with van der Waals surface area (Å²) in [4.78, 5) is 14.0. The van der Waals surface area contributed by atoms with Crippen molar-refractivity contribution in [1.82, 2.24) is 0 Å². The predicted molar refractivity (Wildman–Crippen MR) is 124 cm³/mol. The number of nitrogens with one attached hydrogen (secondary N) is 1. The molecule has 1 N–H and O–H groups in total. The third-order valence-electron chi connectivity index (χ3n) is 5.52. The van der Waals surface area contributed by atoms with Crippen LogP contribution in [0.2, 0.25) is 0 Å². The van der Waals surface area contributed by atoms with Crippen LogP contribution in [0.3, 0.4) is 0 Å². The number of carbonyl (C=O) groups excluding carboxylic acids is 1. The topological polar surface area (TPSA) is 75.7 Å². The first kappa shape index (κ1) is 21.2. The molecule has 6 nitrogen and oxygen atoms in total. The number of rotatable bonds is 6. The second kappa shape index (κ2) is 8.59. The first-order valence-electron chi connectivity index (χ1n) is 10.4. The minimum atomic E-state index is -4.06. The van der Waals surface area contributed by atoms with Gasteiger partial charge >= 0.3 is 5.97 Å². The van der Waals surface area contributed by atoms with Crippen LogP contribution in [0.25, 0.3) is 10.8 Å². The molecule has 1 unspecified atom stereocenters. The molecule has 1 aliphatic rings. The zero-order valence-electron chi connectivity index (χ0n) is 17.7. The van der Waals surface area contributed by atoms with Crippen LogP contribution in [0, 0.1) is 6.92 Å². The largest absolute Gasteiger partial charge is 0.439 e. The van der Waals surface area contributed by atoms with E-state index in [1.165, 1.54) is 6.92 Å². The summed E-state index contributed by atoms with van der Waals surface area (Å²) >= 11 is 0. The highest BCUT2D eigenvalue weighted by Crippen LogP contribution is 2.32. The Kier molecular flexibility index (Phi) is 5.87. The maximum atomic E-state index is 13.3. The molecule has 0 aliphatic carbocycles. The van der Waals surface area contributed by atoms with Gasteiger partial charge in [-0.1, -0.05) is 42.5 Å². The predicted octanol–water partition coefficient (Wildman–Crippen LogP) is 4.75. The summed E-state index contributed by atoms with van der Waals surface area (Å²) in [6, 6.07) is 18.4. The Morgan fingerprint density at radius 3 is 2.42 bits per heavy atom. The van der Waals surface area contributed by atoms with Gasteiger partial charge in [0.05, 0.1) is 5.69 Å². The minimum Gasteiger partial charge on any atom is -0.439 e. The van der Waals surface area contributed by atoms with E-state index in [9.17, 15) is 13.2 Å². The summed E-state index contributed by atoms with van der Waals surface area (Å²) < 4.78 is 34.5. The summed E-state index contributed by atoms with van der Waals surface area (Å²) in [7, 11) is -4.06. The van der Waals surface area contributed by atoms with Crippen LogP contribution in [-0.4, -0.2) is 27.5 Å². The van der Waals surface area contributed by atoms with Gasteiger partial charge in [0.15, 0.2) is 0 Å². The Balaban J connectivity index is 1.67. The summed E-state index contributed by atoms with van der Waals surface area (Å²) in [6.45, 7) is 5.15. The molecule has 0 amide bonds. The van der Waals surface area contributed by atoms with Gasteiger partial charge in [0.1, 0.15) is 0 Å². The maximum absolute atomic E-state index is 13.3. The average Bonchev–Trinajstić information content (AvgIpc) is 3.27. The number of esters is 1. The highest BCUT2D eigenvalue weighted by atomic mass is 32.2. The standard InChI is InChI=1S/C24H26N2O4S/c1-17-9-12-22(16-23(17)26-13-5-6-14-26)25-31(28,29)24(30-18(2)27)21-11-10-19-7-3-4-8-20(19)15-21/h3-4,7-12,15-16,24-25H,5-6,13-14H2,1-2H3. The van der Waals surface area contributed by atoms with Crippen LogP contribution in [-0.2, 0) is 19.6 Å². The van der Waals surface area contributed by atoms with Crippen molar-refractivity contribution in [3.05, 3.63) is 71.8 Å². The number of benzene rings is 3. The minimum absolute atomic E-state index is 0.397. The second-order valence-corrected chi connectivity index (χ2v) is 9.61. The van der Waals surface area contributed by atoms with Crippen molar-refractivity contribution in [2.75, 3.05) is 22.7 Å². The SMILES string of the molecule is CC(=O)OC(c1ccc2ccccc2c1)S(=O)(=O)Nc1ccc(C)c(N2CCCC2)c1. The number of hydrogen-bond acceptors (Lipinski definition) is 5. The average molecular weight is 439 g/mol. The Morgan fingerprint density at radius 1 is 1.00 bits per heavy atom. The van der Waals surface area contributed by atoms with Crippen molar-refractivity contribution >= 4 is 38.1 Å². The third-order valence-corrected chi connectivity index (χ3v) is 6.97. The number of aryl methyl sites for hydroxylation is 1. The number of anilines is 2. The number of sulfonamides is 1. The number of nitrogens with zero attached hydrogens (tertiary/aromatic N) is 1. The molecule has 162 valence electrons. The van der Waals surface area contributed by atoms with Gasteiger partial charge in [-0.05, 0) is 54.3 Å². The smallest absolute Gasteiger partial charge is 0.304 e. The number of hydrogen-bond donors (Lipinski definition) is 1. The van der Waals surface area contributed by atoms with Crippen molar-refractivity contribution in [2.45, 2.75) is 32.1 Å². The van der Waals surface area contributed by atoms with Gasteiger partial charge in [0.25, 0.3) is 10.0 Å². The molecule has 1 heterocycles. The number of carbonyl (C=O) groups is 1. The fourth-order valence-corrected chi connectivity index (χ4v) is 5.33. The van der Waals surface area contributed by atoms with Gasteiger partial charge in [-0.25, -0.2) is 8.42 Å². The van der Waals surface area contributed by atoms with Gasteiger partial charge in [-0.2, -0.15) is 0 Å². The zero-order valence-corrected chi connectivity index (χ0v) is 18.5. The lowest BCUT2D eigenvalue weighted by Gasteiger charge is -2.23. The monoisotopic (exact) mass is 438 g/mol. The Hall–Kier alpha value is -3.06. The van der Waals surface area contributed by atoms with Crippen LogP contribution in [0.4, 0.5) is 11.4 Å². The lowest BCUT2D eigenvalue weighted by Crippen LogP contribution is -2.25. The van der Waals surface area contributed by atoms with Crippen LogP contribution < -0.4 is 9.62 Å². The molecule has 0 spiro atoms. The molecular weight excluding hydrogens is 412 g/mol. The Morgan fingerprint density at radius 2 is 1.71 bits per heavy atom. The first-order chi connectivity index (χ1) is 14.8. The van der Waals surface area contributed by atoms with Gasteiger partial charge in [0.2, 0.25) is 5.44 Å². The molecule has 1 aliphatic heterocycles. The highest BCUT2D eigenvalue weighted by molar-refractivity contribution is 7.92. The molecule has 0 aromatic heterocycles. The molecule has 4 rings (SSSR count). The molecule has 3 aromatic carbocycles. The summed E-state index contributed by atoms with van der Waals surface area (Å²) in [6.07, 6.45) is 2.26. The van der Waals surface area contributed by atoms with Crippen molar-refractivity contribution in [2.24, 2.45) is 0 Å². The van der Waals surface area contributed by atoms with Crippen molar-refractivity contribution in [3.8, 4) is 0 Å². The van der Waals surface area contributed by atoms with E-state index in [0.717, 1.165) is 48.0 Å². The van der Waals surface area contributed by atoms with Gasteiger partial charge < -0.3 is 9.64 Å². The van der Waals surface area contributed by atoms with Crippen molar-refractivity contribution in [1.29, 1.82) is 0 Å². The highest BCUT2D eigenvalue weighted by Gasteiger charge is 2.31. The Bertz CT molecular complexity index is 1220. The lowest BCUT2D eigenvalue weighted by atomic mass is 10.1. The van der Waals surface area contributed by atoms with Gasteiger partial charge in [-0.3, -0.25) is 9.52 Å². The molecule has 3 aromatic rings. The quantitative estimate of drug-likeness (QED) is 0.562. The van der Waals surface area contributed by atoms with E-state index in [0.29, 0.717) is 11.3 Å². The van der Waals surface area contributed by atoms with E-state index in [1.54, 1.807) is 18.2 Å². The first-order valence-corrected chi connectivity index (χ1v) is 11.9. The molecule has 0 bridgehead atoms. The molecule has 1 saturated heterocycles. The van der Waals surface area contributed by atoms with Crippen LogP contribution in [0.15, 0.2) is 60.7 Å². The second-order valence-electron chi connectivity index (χ2n) is 7.89. The number of ether oxygens (including phenoxy) is 1. The zero-order chi connectivity index (χ0) is 22.0. The molecule has 0 radical (unpaired) electrons.